The number of amides is 1. The molecule has 0 aliphatic carbocycles. The summed E-state index contributed by atoms with van der Waals surface area (Å²) in [6.45, 7) is 3.14. The number of aromatic nitrogens is 1. The number of aryl methyl sites for hydroxylation is 1. The van der Waals surface area contributed by atoms with Gasteiger partial charge in [0.15, 0.2) is 0 Å². The number of benzene rings is 1. The van der Waals surface area contributed by atoms with Crippen molar-refractivity contribution in [2.45, 2.75) is 19.4 Å². The van der Waals surface area contributed by atoms with Gasteiger partial charge in [0.2, 0.25) is 0 Å². The summed E-state index contributed by atoms with van der Waals surface area (Å²) in [5, 5.41) is 9.83. The fraction of sp³-hybridized carbons (Fsp3) is 0.375. The van der Waals surface area contributed by atoms with E-state index in [0.29, 0.717) is 25.4 Å². The van der Waals surface area contributed by atoms with E-state index in [-0.39, 0.29) is 12.3 Å². The Labute approximate surface area is 127 Å². The number of carbonyl (C=O) groups excluding carboxylic acids is 1. The first kappa shape index (κ1) is 14.6. The molecule has 1 aliphatic heterocycles. The number of fused-ring (bicyclic) bond motifs is 1. The van der Waals surface area contributed by atoms with E-state index in [4.69, 9.17) is 9.84 Å². The number of rotatable bonds is 3. The quantitative estimate of drug-likeness (QED) is 0.905. The molecule has 1 aliphatic rings. The number of aliphatic carboxylic acids is 1. The van der Waals surface area contributed by atoms with Crippen LogP contribution in [0.15, 0.2) is 24.3 Å². The topological polar surface area (TPSA) is 82.6 Å². The van der Waals surface area contributed by atoms with Gasteiger partial charge in [-0.05, 0) is 24.6 Å². The van der Waals surface area contributed by atoms with E-state index < -0.39 is 12.1 Å². The standard InChI is InChI=1S/C16H18N2O4/c1-10-2-3-11-7-14(17-13(11)6-10)16(21)18-4-5-22-12(9-18)8-15(19)20/h2-3,6-7,12,17H,4-5,8-9H2,1H3,(H,19,20)/t12-/m1/s1. The van der Waals surface area contributed by atoms with Crippen LogP contribution < -0.4 is 0 Å². The predicted molar refractivity (Wildman–Crippen MR) is 80.9 cm³/mol. The van der Waals surface area contributed by atoms with Crippen LogP contribution in [0, 0.1) is 6.92 Å². The molecule has 116 valence electrons. The van der Waals surface area contributed by atoms with Gasteiger partial charge >= 0.3 is 5.97 Å². The molecule has 0 spiro atoms. The highest BCUT2D eigenvalue weighted by Gasteiger charge is 2.27. The number of morpholine rings is 1. The van der Waals surface area contributed by atoms with Gasteiger partial charge in [-0.15, -0.1) is 0 Å². The smallest absolute Gasteiger partial charge is 0.306 e. The van der Waals surface area contributed by atoms with Gasteiger partial charge in [0.1, 0.15) is 5.69 Å². The lowest BCUT2D eigenvalue weighted by molar-refractivity contribution is -0.141. The van der Waals surface area contributed by atoms with Crippen LogP contribution in [0.2, 0.25) is 0 Å². The zero-order valence-electron chi connectivity index (χ0n) is 12.3. The normalized spacial score (nSPS) is 18.6. The summed E-state index contributed by atoms with van der Waals surface area (Å²) >= 11 is 0. The number of carboxylic acids is 1. The zero-order chi connectivity index (χ0) is 15.7. The second-order valence-corrected chi connectivity index (χ2v) is 5.62. The Morgan fingerprint density at radius 3 is 3.00 bits per heavy atom. The number of hydrogen-bond donors (Lipinski definition) is 2. The Morgan fingerprint density at radius 2 is 2.23 bits per heavy atom. The molecule has 1 aromatic carbocycles. The molecule has 3 rings (SSSR count). The van der Waals surface area contributed by atoms with Crippen LogP contribution in [0.4, 0.5) is 0 Å². The molecule has 22 heavy (non-hydrogen) atoms. The molecular formula is C16H18N2O4. The van der Waals surface area contributed by atoms with Crippen LogP contribution in [-0.2, 0) is 9.53 Å². The minimum atomic E-state index is -0.916. The van der Waals surface area contributed by atoms with Gasteiger partial charge in [-0.2, -0.15) is 0 Å². The van der Waals surface area contributed by atoms with Gasteiger partial charge in [0, 0.05) is 24.0 Å². The predicted octanol–water partition coefficient (Wildman–Crippen LogP) is 1.79. The van der Waals surface area contributed by atoms with Gasteiger partial charge in [-0.25, -0.2) is 0 Å². The molecule has 0 saturated carbocycles. The number of H-pyrrole nitrogens is 1. The molecule has 1 amide bonds. The molecule has 2 aromatic rings. The Bertz CT molecular complexity index is 722. The molecule has 1 fully saturated rings. The molecule has 0 unspecified atom stereocenters. The second kappa shape index (κ2) is 5.81. The Morgan fingerprint density at radius 1 is 1.41 bits per heavy atom. The minimum absolute atomic E-state index is 0.0876. The van der Waals surface area contributed by atoms with Crippen LogP contribution >= 0.6 is 0 Å². The Balaban J connectivity index is 1.78. The zero-order valence-corrected chi connectivity index (χ0v) is 12.3. The van der Waals surface area contributed by atoms with Gasteiger partial charge in [0.05, 0.1) is 19.1 Å². The Hall–Kier alpha value is -2.34. The first-order valence-corrected chi connectivity index (χ1v) is 7.25. The molecule has 6 nitrogen and oxygen atoms in total. The molecule has 1 aromatic heterocycles. The highest BCUT2D eigenvalue weighted by molar-refractivity contribution is 5.98. The summed E-state index contributed by atoms with van der Waals surface area (Å²) in [5.74, 6) is -1.03. The highest BCUT2D eigenvalue weighted by atomic mass is 16.5. The number of ether oxygens (including phenoxy) is 1. The fourth-order valence-electron chi connectivity index (χ4n) is 2.75. The summed E-state index contributed by atoms with van der Waals surface area (Å²) < 4.78 is 5.39. The molecule has 6 heteroatoms. The number of nitrogens with zero attached hydrogens (tertiary/aromatic N) is 1. The third-order valence-electron chi connectivity index (χ3n) is 3.84. The van der Waals surface area contributed by atoms with E-state index in [0.717, 1.165) is 16.5 Å². The average Bonchev–Trinajstić information content (AvgIpc) is 2.89. The van der Waals surface area contributed by atoms with E-state index >= 15 is 0 Å². The van der Waals surface area contributed by atoms with Crippen molar-refractivity contribution >= 4 is 22.8 Å². The van der Waals surface area contributed by atoms with E-state index in [1.165, 1.54) is 0 Å². The SMILES string of the molecule is Cc1ccc2cc(C(=O)N3CCO[C@H](CC(=O)O)C3)[nH]c2c1. The summed E-state index contributed by atoms with van der Waals surface area (Å²) in [6.07, 6.45) is -0.530. The number of nitrogens with one attached hydrogen (secondary N) is 1. The number of hydrogen-bond acceptors (Lipinski definition) is 3. The van der Waals surface area contributed by atoms with Gasteiger partial charge in [-0.3, -0.25) is 9.59 Å². The number of carboxylic acid groups (broad SMARTS) is 1. The molecular weight excluding hydrogens is 284 g/mol. The van der Waals surface area contributed by atoms with Crippen molar-refractivity contribution in [1.82, 2.24) is 9.88 Å². The summed E-state index contributed by atoms with van der Waals surface area (Å²) in [6, 6.07) is 7.81. The average molecular weight is 302 g/mol. The van der Waals surface area contributed by atoms with Gasteiger partial charge in [-0.1, -0.05) is 12.1 Å². The van der Waals surface area contributed by atoms with Crippen molar-refractivity contribution in [3.05, 3.63) is 35.5 Å². The van der Waals surface area contributed by atoms with Gasteiger partial charge < -0.3 is 19.7 Å². The Kier molecular flexibility index (Phi) is 3.85. The summed E-state index contributed by atoms with van der Waals surface area (Å²) in [7, 11) is 0. The van der Waals surface area contributed by atoms with E-state index in [2.05, 4.69) is 4.98 Å². The van der Waals surface area contributed by atoms with Crippen LogP contribution in [-0.4, -0.2) is 52.7 Å². The van der Waals surface area contributed by atoms with Crippen LogP contribution in [0.5, 0.6) is 0 Å². The van der Waals surface area contributed by atoms with E-state index in [9.17, 15) is 9.59 Å². The maximum Gasteiger partial charge on any atom is 0.306 e. The first-order chi connectivity index (χ1) is 10.5. The van der Waals surface area contributed by atoms with Gasteiger partial charge in [0.25, 0.3) is 5.91 Å². The largest absolute Gasteiger partial charge is 0.481 e. The highest BCUT2D eigenvalue weighted by Crippen LogP contribution is 2.19. The molecule has 2 N–H and O–H groups in total. The van der Waals surface area contributed by atoms with Crippen molar-refractivity contribution in [3.8, 4) is 0 Å². The third-order valence-corrected chi connectivity index (χ3v) is 3.84. The summed E-state index contributed by atoms with van der Waals surface area (Å²) in [5.41, 5.74) is 2.58. The molecule has 1 saturated heterocycles. The van der Waals surface area contributed by atoms with E-state index in [1.54, 1.807) is 4.90 Å². The van der Waals surface area contributed by atoms with E-state index in [1.807, 2.05) is 31.2 Å². The lowest BCUT2D eigenvalue weighted by Gasteiger charge is -2.32. The lowest BCUT2D eigenvalue weighted by atomic mass is 10.2. The van der Waals surface area contributed by atoms with Crippen LogP contribution in [0.25, 0.3) is 10.9 Å². The van der Waals surface area contributed by atoms with Crippen molar-refractivity contribution < 1.29 is 19.4 Å². The lowest BCUT2D eigenvalue weighted by Crippen LogP contribution is -2.46. The van der Waals surface area contributed by atoms with Crippen LogP contribution in [0.3, 0.4) is 0 Å². The van der Waals surface area contributed by atoms with Crippen molar-refractivity contribution in [2.75, 3.05) is 19.7 Å². The fourth-order valence-corrected chi connectivity index (χ4v) is 2.75. The maximum absolute atomic E-state index is 12.6. The summed E-state index contributed by atoms with van der Waals surface area (Å²) in [4.78, 5) is 28.1. The number of carbonyl (C=O) groups is 2. The van der Waals surface area contributed by atoms with Crippen molar-refractivity contribution in [2.24, 2.45) is 0 Å². The monoisotopic (exact) mass is 302 g/mol. The maximum atomic E-state index is 12.6. The van der Waals surface area contributed by atoms with Crippen molar-refractivity contribution in [1.29, 1.82) is 0 Å². The van der Waals surface area contributed by atoms with Crippen molar-refractivity contribution in [3.63, 3.8) is 0 Å². The molecule has 1 atom stereocenters. The number of aromatic amines is 1. The second-order valence-electron chi connectivity index (χ2n) is 5.62. The molecule has 0 radical (unpaired) electrons. The minimum Gasteiger partial charge on any atom is -0.481 e. The first-order valence-electron chi connectivity index (χ1n) is 7.25. The molecule has 2 heterocycles. The third kappa shape index (κ3) is 2.96. The van der Waals surface area contributed by atoms with Crippen LogP contribution in [0.1, 0.15) is 22.5 Å². The molecule has 0 bridgehead atoms.